The predicted octanol–water partition coefficient (Wildman–Crippen LogP) is 0.693. The zero-order chi connectivity index (χ0) is 19.8. The number of ether oxygens (including phenoxy) is 1. The van der Waals surface area contributed by atoms with E-state index in [1.165, 1.54) is 17.0 Å². The topological polar surface area (TPSA) is 86.4 Å². The molecule has 8 nitrogen and oxygen atoms in total. The van der Waals surface area contributed by atoms with Gasteiger partial charge in [0.25, 0.3) is 11.1 Å². The van der Waals surface area contributed by atoms with Gasteiger partial charge in [-0.2, -0.15) is 0 Å². The number of carbonyl (C=O) groups excluding carboxylic acids is 1. The van der Waals surface area contributed by atoms with Gasteiger partial charge >= 0.3 is 0 Å². The molecule has 1 aromatic carbocycles. The lowest BCUT2D eigenvalue weighted by Gasteiger charge is -2.39. The summed E-state index contributed by atoms with van der Waals surface area (Å²) >= 11 is 0. The largest absolute Gasteiger partial charge is 0.486 e. The van der Waals surface area contributed by atoms with Gasteiger partial charge in [-0.3, -0.25) is 19.0 Å². The van der Waals surface area contributed by atoms with Gasteiger partial charge in [-0.25, -0.2) is 4.98 Å². The molecule has 2 aromatic heterocycles. The minimum absolute atomic E-state index is 0.0611. The Morgan fingerprint density at radius 3 is 2.71 bits per heavy atom. The van der Waals surface area contributed by atoms with Crippen LogP contribution in [-0.2, 0) is 18.4 Å². The van der Waals surface area contributed by atoms with E-state index in [2.05, 4.69) is 4.98 Å². The zero-order valence-corrected chi connectivity index (χ0v) is 15.7. The van der Waals surface area contributed by atoms with Gasteiger partial charge in [-0.15, -0.1) is 0 Å². The number of aromatic nitrogens is 3. The quantitative estimate of drug-likeness (QED) is 0.665. The van der Waals surface area contributed by atoms with Crippen molar-refractivity contribution in [3.8, 4) is 5.75 Å². The second-order valence-electron chi connectivity index (χ2n) is 6.96. The third-order valence-corrected chi connectivity index (χ3v) is 5.02. The van der Waals surface area contributed by atoms with Crippen molar-refractivity contribution in [3.63, 3.8) is 0 Å². The van der Waals surface area contributed by atoms with Crippen LogP contribution in [0.5, 0.6) is 5.75 Å². The normalized spacial score (nSPS) is 14.1. The van der Waals surface area contributed by atoms with Crippen molar-refractivity contribution < 1.29 is 9.53 Å². The molecule has 1 aliphatic heterocycles. The standard InChI is InChI=1S/C20H20N4O4/c1-13-7-14(8-18(25)22(13)2)28-15-9-23(10-15)19(26)11-24-12-21-17-6-4-3-5-16(17)20(24)27/h3-8,12,15H,9-11H2,1-2H3. The Morgan fingerprint density at radius 1 is 1.21 bits per heavy atom. The summed E-state index contributed by atoms with van der Waals surface area (Å²) in [6.45, 7) is 2.61. The number of nitrogens with zero attached hydrogens (tertiary/aromatic N) is 4. The number of rotatable bonds is 4. The zero-order valence-electron chi connectivity index (χ0n) is 15.7. The highest BCUT2D eigenvalue weighted by Gasteiger charge is 2.32. The average Bonchev–Trinajstić information content (AvgIpc) is 2.64. The van der Waals surface area contributed by atoms with E-state index in [-0.39, 0.29) is 29.7 Å². The van der Waals surface area contributed by atoms with E-state index in [0.717, 1.165) is 5.69 Å². The number of benzene rings is 1. The molecule has 8 heteroatoms. The lowest BCUT2D eigenvalue weighted by Crippen LogP contribution is -2.57. The maximum atomic E-state index is 12.5. The molecule has 3 heterocycles. The van der Waals surface area contributed by atoms with Crippen LogP contribution in [0.25, 0.3) is 10.9 Å². The number of carbonyl (C=O) groups is 1. The molecule has 3 aromatic rings. The summed E-state index contributed by atoms with van der Waals surface area (Å²) < 4.78 is 8.65. The Morgan fingerprint density at radius 2 is 1.96 bits per heavy atom. The van der Waals surface area contributed by atoms with Crippen LogP contribution in [0.4, 0.5) is 0 Å². The van der Waals surface area contributed by atoms with Crippen LogP contribution < -0.4 is 15.9 Å². The first-order valence-electron chi connectivity index (χ1n) is 8.98. The first-order valence-corrected chi connectivity index (χ1v) is 8.98. The van der Waals surface area contributed by atoms with Crippen LogP contribution in [-0.4, -0.2) is 44.1 Å². The monoisotopic (exact) mass is 380 g/mol. The number of hydrogen-bond donors (Lipinski definition) is 0. The summed E-state index contributed by atoms with van der Waals surface area (Å²) in [7, 11) is 1.70. The molecule has 144 valence electrons. The predicted molar refractivity (Wildman–Crippen MR) is 103 cm³/mol. The molecule has 1 aliphatic rings. The van der Waals surface area contributed by atoms with Crippen LogP contribution in [0.15, 0.2) is 52.3 Å². The highest BCUT2D eigenvalue weighted by molar-refractivity contribution is 5.79. The van der Waals surface area contributed by atoms with Crippen LogP contribution in [0.2, 0.25) is 0 Å². The van der Waals surface area contributed by atoms with Crippen molar-refractivity contribution in [2.24, 2.45) is 7.05 Å². The van der Waals surface area contributed by atoms with Crippen LogP contribution in [0, 0.1) is 6.92 Å². The molecule has 0 bridgehead atoms. The number of amides is 1. The Labute approximate surface area is 160 Å². The van der Waals surface area contributed by atoms with Crippen molar-refractivity contribution in [1.29, 1.82) is 0 Å². The fourth-order valence-electron chi connectivity index (χ4n) is 3.18. The summed E-state index contributed by atoms with van der Waals surface area (Å²) in [5.41, 5.74) is 1.05. The van der Waals surface area contributed by atoms with Crippen LogP contribution in [0.3, 0.4) is 0 Å². The summed E-state index contributed by atoms with van der Waals surface area (Å²) in [6.07, 6.45) is 1.24. The van der Waals surface area contributed by atoms with Gasteiger partial charge in [0.1, 0.15) is 18.4 Å². The maximum Gasteiger partial charge on any atom is 0.261 e. The number of fused-ring (bicyclic) bond motifs is 1. The first kappa shape index (κ1) is 18.0. The Kier molecular flexibility index (Phi) is 4.46. The molecule has 0 aliphatic carbocycles. The summed E-state index contributed by atoms with van der Waals surface area (Å²) in [5, 5.41) is 0.489. The molecule has 0 atom stereocenters. The molecule has 1 amide bonds. The molecular weight excluding hydrogens is 360 g/mol. The van der Waals surface area contributed by atoms with Gasteiger partial charge in [-0.05, 0) is 25.1 Å². The molecule has 1 saturated heterocycles. The number of pyridine rings is 1. The number of aryl methyl sites for hydroxylation is 1. The first-order chi connectivity index (χ1) is 13.4. The lowest BCUT2D eigenvalue weighted by atomic mass is 10.1. The lowest BCUT2D eigenvalue weighted by molar-refractivity contribution is -0.140. The molecule has 0 spiro atoms. The van der Waals surface area contributed by atoms with Crippen molar-refractivity contribution in [3.05, 3.63) is 69.1 Å². The van der Waals surface area contributed by atoms with Crippen molar-refractivity contribution in [1.82, 2.24) is 19.0 Å². The van der Waals surface area contributed by atoms with E-state index >= 15 is 0 Å². The number of hydrogen-bond acceptors (Lipinski definition) is 5. The molecular formula is C20H20N4O4. The van der Waals surface area contributed by atoms with E-state index < -0.39 is 0 Å². The van der Waals surface area contributed by atoms with Crippen LogP contribution >= 0.6 is 0 Å². The third kappa shape index (κ3) is 3.28. The van der Waals surface area contributed by atoms with Gasteiger partial charge in [0, 0.05) is 18.8 Å². The fourth-order valence-corrected chi connectivity index (χ4v) is 3.18. The number of likely N-dealkylation sites (tertiary alicyclic amines) is 1. The van der Waals surface area contributed by atoms with E-state index in [0.29, 0.717) is 29.7 Å². The molecule has 4 rings (SSSR count). The second-order valence-corrected chi connectivity index (χ2v) is 6.96. The second kappa shape index (κ2) is 6.95. The van der Waals surface area contributed by atoms with Crippen LogP contribution in [0.1, 0.15) is 5.69 Å². The van der Waals surface area contributed by atoms with E-state index in [9.17, 15) is 14.4 Å². The molecule has 28 heavy (non-hydrogen) atoms. The molecule has 0 saturated carbocycles. The smallest absolute Gasteiger partial charge is 0.261 e. The molecule has 0 N–H and O–H groups in total. The van der Waals surface area contributed by atoms with E-state index in [4.69, 9.17) is 4.74 Å². The van der Waals surface area contributed by atoms with Crippen molar-refractivity contribution in [2.75, 3.05) is 13.1 Å². The minimum atomic E-state index is -0.233. The Bertz CT molecular complexity index is 1170. The number of para-hydroxylation sites is 1. The molecule has 0 unspecified atom stereocenters. The van der Waals surface area contributed by atoms with Crippen molar-refractivity contribution >= 4 is 16.8 Å². The minimum Gasteiger partial charge on any atom is -0.486 e. The fraction of sp³-hybridized carbons (Fsp3) is 0.300. The highest BCUT2D eigenvalue weighted by atomic mass is 16.5. The van der Waals surface area contributed by atoms with Gasteiger partial charge in [0.15, 0.2) is 0 Å². The SMILES string of the molecule is Cc1cc(OC2CN(C(=O)Cn3cnc4ccccc4c3=O)C2)cc(=O)n1C. The van der Waals surface area contributed by atoms with Gasteiger partial charge in [0.2, 0.25) is 5.91 Å². The Hall–Kier alpha value is -3.42. The average molecular weight is 380 g/mol. The third-order valence-electron chi connectivity index (χ3n) is 5.02. The maximum absolute atomic E-state index is 12.5. The van der Waals surface area contributed by atoms with Gasteiger partial charge < -0.3 is 14.2 Å². The van der Waals surface area contributed by atoms with E-state index in [1.54, 1.807) is 40.8 Å². The Balaban J connectivity index is 1.39. The molecule has 1 fully saturated rings. The summed E-state index contributed by atoms with van der Waals surface area (Å²) in [4.78, 5) is 42.6. The van der Waals surface area contributed by atoms with E-state index in [1.807, 2.05) is 13.0 Å². The highest BCUT2D eigenvalue weighted by Crippen LogP contribution is 2.18. The summed E-state index contributed by atoms with van der Waals surface area (Å²) in [5.74, 6) is 0.340. The molecule has 0 radical (unpaired) electrons. The van der Waals surface area contributed by atoms with Gasteiger partial charge in [0.05, 0.1) is 30.3 Å². The summed E-state index contributed by atoms with van der Waals surface area (Å²) in [6, 6.07) is 10.3. The van der Waals surface area contributed by atoms with Gasteiger partial charge in [-0.1, -0.05) is 12.1 Å². The van der Waals surface area contributed by atoms with Crippen molar-refractivity contribution in [2.45, 2.75) is 19.6 Å².